The van der Waals surface area contributed by atoms with Crippen molar-refractivity contribution in [2.75, 3.05) is 13.6 Å². The zero-order valence-corrected chi connectivity index (χ0v) is 5.24. The van der Waals surface area contributed by atoms with E-state index in [0.717, 1.165) is 6.29 Å². The standard InChI is InChI=1S/C5H9N3O/c1-6-4-8-5-7-2-3-9/h3-5H,2H2,1H3,(H,6,7,8). The van der Waals surface area contributed by atoms with E-state index >= 15 is 0 Å². The zero-order valence-electron chi connectivity index (χ0n) is 5.24. The molecule has 0 saturated heterocycles. The van der Waals surface area contributed by atoms with Gasteiger partial charge in [0.25, 0.3) is 0 Å². The Kier molecular flexibility index (Phi) is 5.91. The van der Waals surface area contributed by atoms with Crippen LogP contribution in [0.3, 0.4) is 0 Å². The summed E-state index contributed by atoms with van der Waals surface area (Å²) in [6.45, 7) is 0.199. The second-order valence-corrected chi connectivity index (χ2v) is 1.21. The average Bonchev–Trinajstić information content (AvgIpc) is 1.89. The monoisotopic (exact) mass is 127 g/mol. The summed E-state index contributed by atoms with van der Waals surface area (Å²) in [6.07, 6.45) is 3.62. The smallest absolute Gasteiger partial charge is 0.141 e. The minimum Gasteiger partial charge on any atom is -0.338 e. The lowest BCUT2D eigenvalue weighted by atomic mass is 10.8. The number of carbonyl (C=O) groups excluding carboxylic acids is 1. The topological polar surface area (TPSA) is 53.8 Å². The quantitative estimate of drug-likeness (QED) is 0.313. The summed E-state index contributed by atoms with van der Waals surface area (Å²) in [7, 11) is 1.64. The van der Waals surface area contributed by atoms with Gasteiger partial charge in [0.05, 0.1) is 19.2 Å². The first-order valence-corrected chi connectivity index (χ1v) is 2.50. The van der Waals surface area contributed by atoms with Gasteiger partial charge in [-0.1, -0.05) is 0 Å². The third kappa shape index (κ3) is 6.81. The normalized spacial score (nSPS) is 10.8. The van der Waals surface area contributed by atoms with Crippen LogP contribution < -0.4 is 5.32 Å². The Morgan fingerprint density at radius 1 is 1.56 bits per heavy atom. The van der Waals surface area contributed by atoms with E-state index in [1.807, 2.05) is 0 Å². The van der Waals surface area contributed by atoms with Crippen molar-refractivity contribution >= 4 is 19.0 Å². The highest BCUT2D eigenvalue weighted by atomic mass is 16.1. The van der Waals surface area contributed by atoms with Crippen molar-refractivity contribution in [3.63, 3.8) is 0 Å². The number of aliphatic imine (C=N–C) groups is 2. The molecule has 0 unspecified atom stereocenters. The molecule has 0 aromatic carbocycles. The number of aldehydes is 1. The highest BCUT2D eigenvalue weighted by molar-refractivity contribution is 5.75. The van der Waals surface area contributed by atoms with Gasteiger partial charge >= 0.3 is 0 Å². The predicted molar refractivity (Wildman–Crippen MR) is 37.0 cm³/mol. The molecule has 0 amide bonds. The number of rotatable bonds is 4. The van der Waals surface area contributed by atoms with Gasteiger partial charge in [-0.05, 0) is 0 Å². The molecule has 0 saturated carbocycles. The molecule has 4 nitrogen and oxygen atoms in total. The van der Waals surface area contributed by atoms with E-state index in [0.29, 0.717) is 0 Å². The predicted octanol–water partition coefficient (Wildman–Crippen LogP) is -0.539. The summed E-state index contributed by atoms with van der Waals surface area (Å²) < 4.78 is 0. The van der Waals surface area contributed by atoms with Crippen LogP contribution in [-0.2, 0) is 4.79 Å². The molecule has 1 N–H and O–H groups in total. The van der Waals surface area contributed by atoms with Crippen molar-refractivity contribution < 1.29 is 4.79 Å². The van der Waals surface area contributed by atoms with Crippen LogP contribution in [0.2, 0.25) is 0 Å². The Bertz CT molecular complexity index is 119. The Balaban J connectivity index is 3.14. The first-order valence-electron chi connectivity index (χ1n) is 2.50. The first-order chi connectivity index (χ1) is 4.41. The Morgan fingerprint density at radius 3 is 2.89 bits per heavy atom. The molecule has 0 aromatic heterocycles. The molecule has 0 aliphatic rings. The van der Waals surface area contributed by atoms with Crippen LogP contribution in [0.25, 0.3) is 0 Å². The lowest BCUT2D eigenvalue weighted by Crippen LogP contribution is -2.07. The van der Waals surface area contributed by atoms with E-state index in [-0.39, 0.29) is 6.54 Å². The van der Waals surface area contributed by atoms with Gasteiger partial charge in [-0.25, -0.2) is 0 Å². The van der Waals surface area contributed by atoms with Gasteiger partial charge in [0.15, 0.2) is 0 Å². The van der Waals surface area contributed by atoms with Gasteiger partial charge in [0.1, 0.15) is 6.29 Å². The third-order valence-corrected chi connectivity index (χ3v) is 0.549. The molecule has 0 atom stereocenters. The van der Waals surface area contributed by atoms with Crippen molar-refractivity contribution in [2.24, 2.45) is 9.98 Å². The maximum atomic E-state index is 9.66. The summed E-state index contributed by atoms with van der Waals surface area (Å²) in [5, 5.41) is 2.63. The molecule has 0 spiro atoms. The van der Waals surface area contributed by atoms with E-state index in [9.17, 15) is 4.79 Å². The minimum atomic E-state index is 0.199. The summed E-state index contributed by atoms with van der Waals surface area (Å²) in [5.41, 5.74) is 0. The molecule has 0 fully saturated rings. The van der Waals surface area contributed by atoms with Crippen molar-refractivity contribution in [3.05, 3.63) is 0 Å². The molecule has 0 heterocycles. The zero-order chi connectivity index (χ0) is 6.95. The highest BCUT2D eigenvalue weighted by Gasteiger charge is 1.68. The van der Waals surface area contributed by atoms with Crippen LogP contribution in [-0.4, -0.2) is 32.6 Å². The van der Waals surface area contributed by atoms with Crippen LogP contribution in [0.4, 0.5) is 0 Å². The highest BCUT2D eigenvalue weighted by Crippen LogP contribution is 1.55. The number of hydrogen-bond donors (Lipinski definition) is 1. The van der Waals surface area contributed by atoms with Gasteiger partial charge in [0.2, 0.25) is 0 Å². The molecule has 0 rings (SSSR count). The SMILES string of the molecule is CN=CNC=NCC=O. The summed E-state index contributed by atoms with van der Waals surface area (Å²) in [5.74, 6) is 0. The molecule has 9 heavy (non-hydrogen) atoms. The maximum absolute atomic E-state index is 9.66. The number of hydrogen-bond acceptors (Lipinski definition) is 3. The Morgan fingerprint density at radius 2 is 2.33 bits per heavy atom. The molecule has 0 aliphatic heterocycles. The van der Waals surface area contributed by atoms with E-state index < -0.39 is 0 Å². The van der Waals surface area contributed by atoms with Crippen LogP contribution in [0, 0.1) is 0 Å². The van der Waals surface area contributed by atoms with Gasteiger partial charge in [0, 0.05) is 7.05 Å². The molecule has 0 aromatic rings. The fourth-order valence-corrected chi connectivity index (χ4v) is 0.256. The van der Waals surface area contributed by atoms with Crippen molar-refractivity contribution in [3.8, 4) is 0 Å². The van der Waals surface area contributed by atoms with Gasteiger partial charge in [-0.2, -0.15) is 0 Å². The van der Waals surface area contributed by atoms with Gasteiger partial charge in [-0.3, -0.25) is 9.98 Å². The van der Waals surface area contributed by atoms with Gasteiger partial charge < -0.3 is 10.1 Å². The number of nitrogens with zero attached hydrogens (tertiary/aromatic N) is 2. The summed E-state index contributed by atoms with van der Waals surface area (Å²) in [6, 6.07) is 0. The largest absolute Gasteiger partial charge is 0.338 e. The van der Waals surface area contributed by atoms with Gasteiger partial charge in [-0.15, -0.1) is 0 Å². The van der Waals surface area contributed by atoms with Crippen LogP contribution >= 0.6 is 0 Å². The average molecular weight is 127 g/mol. The van der Waals surface area contributed by atoms with Crippen LogP contribution in [0.1, 0.15) is 0 Å². The molecule has 0 aliphatic carbocycles. The molecule has 50 valence electrons. The lowest BCUT2D eigenvalue weighted by Gasteiger charge is -1.82. The summed E-state index contributed by atoms with van der Waals surface area (Å²) in [4.78, 5) is 16.9. The third-order valence-electron chi connectivity index (χ3n) is 0.549. The fraction of sp³-hybridized carbons (Fsp3) is 0.400. The Labute approximate surface area is 53.7 Å². The van der Waals surface area contributed by atoms with Crippen molar-refractivity contribution in [1.82, 2.24) is 5.32 Å². The van der Waals surface area contributed by atoms with E-state index in [1.54, 1.807) is 7.05 Å². The molecular formula is C5H9N3O. The number of carbonyl (C=O) groups is 1. The fourth-order valence-electron chi connectivity index (χ4n) is 0.256. The van der Waals surface area contributed by atoms with E-state index in [4.69, 9.17) is 0 Å². The van der Waals surface area contributed by atoms with Crippen LogP contribution in [0.5, 0.6) is 0 Å². The lowest BCUT2D eigenvalue weighted by molar-refractivity contribution is -0.106. The molecular weight excluding hydrogens is 118 g/mol. The molecule has 0 radical (unpaired) electrons. The first kappa shape index (κ1) is 7.81. The Hall–Kier alpha value is -1.19. The maximum Gasteiger partial charge on any atom is 0.141 e. The molecule has 4 heteroatoms. The van der Waals surface area contributed by atoms with Crippen LogP contribution in [0.15, 0.2) is 9.98 Å². The molecule has 0 bridgehead atoms. The number of nitrogens with one attached hydrogen (secondary N) is 1. The van der Waals surface area contributed by atoms with E-state index in [1.165, 1.54) is 12.7 Å². The van der Waals surface area contributed by atoms with Crippen molar-refractivity contribution in [2.45, 2.75) is 0 Å². The second-order valence-electron chi connectivity index (χ2n) is 1.21. The minimum absolute atomic E-state index is 0.199. The second kappa shape index (κ2) is 6.81. The van der Waals surface area contributed by atoms with E-state index in [2.05, 4.69) is 15.3 Å². The summed E-state index contributed by atoms with van der Waals surface area (Å²) >= 11 is 0. The van der Waals surface area contributed by atoms with Crippen molar-refractivity contribution in [1.29, 1.82) is 0 Å².